The zero-order valence-electron chi connectivity index (χ0n) is 9.59. The Morgan fingerprint density at radius 2 is 2.07 bits per heavy atom. The fourth-order valence-corrected chi connectivity index (χ4v) is 2.43. The second-order valence-corrected chi connectivity index (χ2v) is 5.29. The molecule has 0 aliphatic carbocycles. The highest BCUT2D eigenvalue weighted by Crippen LogP contribution is 2.09. The van der Waals surface area contributed by atoms with Crippen LogP contribution in [0, 0.1) is 0 Å². The molecule has 1 rings (SSSR count). The summed E-state index contributed by atoms with van der Waals surface area (Å²) in [5.74, 6) is 2.59. The van der Waals surface area contributed by atoms with Gasteiger partial charge in [-0.25, -0.2) is 0 Å². The Hall–Kier alpha value is 0.270. The predicted molar refractivity (Wildman–Crippen MR) is 66.1 cm³/mol. The van der Waals surface area contributed by atoms with Gasteiger partial charge >= 0.3 is 0 Å². The van der Waals surface area contributed by atoms with Crippen molar-refractivity contribution < 1.29 is 0 Å². The molecule has 0 saturated carbocycles. The Labute approximate surface area is 92.8 Å². The summed E-state index contributed by atoms with van der Waals surface area (Å²) < 4.78 is 0. The van der Waals surface area contributed by atoms with Crippen LogP contribution in [-0.4, -0.2) is 48.6 Å². The van der Waals surface area contributed by atoms with Crippen molar-refractivity contribution in [1.29, 1.82) is 0 Å². The molecule has 0 aromatic carbocycles. The Bertz CT molecular complexity index is 137. The lowest BCUT2D eigenvalue weighted by atomic mass is 10.1. The molecular weight excluding hydrogens is 192 g/mol. The van der Waals surface area contributed by atoms with Crippen LogP contribution < -0.4 is 5.32 Å². The molecule has 0 spiro atoms. The summed E-state index contributed by atoms with van der Waals surface area (Å²) in [6.45, 7) is 9.52. The van der Waals surface area contributed by atoms with E-state index in [-0.39, 0.29) is 0 Å². The first kappa shape index (κ1) is 12.3. The van der Waals surface area contributed by atoms with Gasteiger partial charge in [0.15, 0.2) is 0 Å². The van der Waals surface area contributed by atoms with E-state index in [2.05, 4.69) is 35.8 Å². The maximum atomic E-state index is 3.35. The lowest BCUT2D eigenvalue weighted by Crippen LogP contribution is -2.57. The van der Waals surface area contributed by atoms with Crippen molar-refractivity contribution in [3.8, 4) is 0 Å². The van der Waals surface area contributed by atoms with Gasteiger partial charge in [-0.1, -0.05) is 13.8 Å². The molecule has 1 aliphatic heterocycles. The third-order valence-electron chi connectivity index (χ3n) is 2.73. The third-order valence-corrected chi connectivity index (χ3v) is 3.71. The summed E-state index contributed by atoms with van der Waals surface area (Å²) in [7, 11) is 0. The highest BCUT2D eigenvalue weighted by Gasteiger charge is 2.22. The minimum atomic E-state index is 0.835. The Balaban J connectivity index is 2.08. The second kappa shape index (κ2) is 7.55. The number of thioether (sulfide) groups is 1. The van der Waals surface area contributed by atoms with Crippen molar-refractivity contribution in [1.82, 2.24) is 10.2 Å². The maximum Gasteiger partial charge on any atom is 0.0345 e. The molecule has 0 aromatic rings. The van der Waals surface area contributed by atoms with Gasteiger partial charge in [-0.05, 0) is 37.4 Å². The fourth-order valence-electron chi connectivity index (χ4n) is 1.81. The molecule has 84 valence electrons. The fraction of sp³-hybridized carbons (Fsp3) is 1.00. The van der Waals surface area contributed by atoms with Crippen molar-refractivity contribution >= 4 is 11.8 Å². The first-order valence-electron chi connectivity index (χ1n) is 5.91. The minimum absolute atomic E-state index is 0.835. The maximum absolute atomic E-state index is 3.35. The van der Waals surface area contributed by atoms with Crippen molar-refractivity contribution in [3.05, 3.63) is 0 Å². The van der Waals surface area contributed by atoms with E-state index in [0.717, 1.165) is 6.04 Å². The highest BCUT2D eigenvalue weighted by molar-refractivity contribution is 7.99. The summed E-state index contributed by atoms with van der Waals surface area (Å²) in [6.07, 6.45) is 2.65. The Morgan fingerprint density at radius 1 is 1.29 bits per heavy atom. The van der Waals surface area contributed by atoms with E-state index in [9.17, 15) is 0 Å². The largest absolute Gasteiger partial charge is 0.314 e. The molecule has 1 heterocycles. The van der Waals surface area contributed by atoms with Crippen molar-refractivity contribution in [2.75, 3.05) is 37.7 Å². The van der Waals surface area contributed by atoms with Gasteiger partial charge in [-0.3, -0.25) is 4.90 Å². The Kier molecular flexibility index (Phi) is 6.65. The first-order chi connectivity index (χ1) is 6.88. The van der Waals surface area contributed by atoms with E-state index in [4.69, 9.17) is 0 Å². The number of nitrogens with zero attached hydrogens (tertiary/aromatic N) is 1. The van der Waals surface area contributed by atoms with Crippen molar-refractivity contribution in [3.63, 3.8) is 0 Å². The number of rotatable bonds is 8. The highest BCUT2D eigenvalue weighted by atomic mass is 32.2. The molecule has 0 atom stereocenters. The van der Waals surface area contributed by atoms with Crippen LogP contribution in [0.5, 0.6) is 0 Å². The third kappa shape index (κ3) is 4.20. The van der Waals surface area contributed by atoms with Crippen LogP contribution in [0.4, 0.5) is 0 Å². The van der Waals surface area contributed by atoms with Gasteiger partial charge in [0.1, 0.15) is 0 Å². The summed E-state index contributed by atoms with van der Waals surface area (Å²) in [6, 6.07) is 0.835. The molecule has 1 saturated heterocycles. The summed E-state index contributed by atoms with van der Waals surface area (Å²) >= 11 is 2.06. The standard InChI is InChI=1S/C11H24N2S/c1-3-6-13(11-9-12-10-11)7-5-8-14-4-2/h11-12H,3-10H2,1-2H3. The Morgan fingerprint density at radius 3 is 2.57 bits per heavy atom. The lowest BCUT2D eigenvalue weighted by molar-refractivity contribution is 0.146. The molecule has 14 heavy (non-hydrogen) atoms. The zero-order valence-corrected chi connectivity index (χ0v) is 10.4. The van der Waals surface area contributed by atoms with Crippen LogP contribution in [-0.2, 0) is 0 Å². The minimum Gasteiger partial charge on any atom is -0.314 e. The number of hydrogen-bond donors (Lipinski definition) is 1. The van der Waals surface area contributed by atoms with E-state index >= 15 is 0 Å². The molecule has 0 bridgehead atoms. The zero-order chi connectivity index (χ0) is 10.2. The average Bonchev–Trinajstić information content (AvgIpc) is 2.10. The lowest BCUT2D eigenvalue weighted by Gasteiger charge is -2.38. The van der Waals surface area contributed by atoms with E-state index < -0.39 is 0 Å². The van der Waals surface area contributed by atoms with Crippen LogP contribution >= 0.6 is 11.8 Å². The van der Waals surface area contributed by atoms with Gasteiger partial charge in [-0.2, -0.15) is 11.8 Å². The van der Waals surface area contributed by atoms with E-state index in [1.807, 2.05) is 0 Å². The quantitative estimate of drug-likeness (QED) is 0.623. The molecule has 1 aliphatic rings. The van der Waals surface area contributed by atoms with Gasteiger partial charge in [0.2, 0.25) is 0 Å². The van der Waals surface area contributed by atoms with Crippen molar-refractivity contribution in [2.45, 2.75) is 32.7 Å². The monoisotopic (exact) mass is 216 g/mol. The van der Waals surface area contributed by atoms with E-state index in [0.29, 0.717) is 0 Å². The van der Waals surface area contributed by atoms with Gasteiger partial charge in [0.25, 0.3) is 0 Å². The first-order valence-corrected chi connectivity index (χ1v) is 7.06. The van der Waals surface area contributed by atoms with Gasteiger partial charge in [-0.15, -0.1) is 0 Å². The van der Waals surface area contributed by atoms with Crippen LogP contribution in [0.15, 0.2) is 0 Å². The van der Waals surface area contributed by atoms with Crippen LogP contribution in [0.1, 0.15) is 26.7 Å². The van der Waals surface area contributed by atoms with E-state index in [1.54, 1.807) is 0 Å². The predicted octanol–water partition coefficient (Wildman–Crippen LogP) is 1.81. The smallest absolute Gasteiger partial charge is 0.0345 e. The molecule has 0 amide bonds. The molecule has 1 fully saturated rings. The molecule has 1 N–H and O–H groups in total. The number of nitrogens with one attached hydrogen (secondary N) is 1. The van der Waals surface area contributed by atoms with Gasteiger partial charge < -0.3 is 5.32 Å². The molecule has 2 nitrogen and oxygen atoms in total. The topological polar surface area (TPSA) is 15.3 Å². The molecule has 0 aromatic heterocycles. The molecule has 0 radical (unpaired) electrons. The summed E-state index contributed by atoms with van der Waals surface area (Å²) in [4.78, 5) is 2.66. The van der Waals surface area contributed by atoms with Gasteiger partial charge in [0, 0.05) is 19.1 Å². The van der Waals surface area contributed by atoms with Crippen LogP contribution in [0.25, 0.3) is 0 Å². The van der Waals surface area contributed by atoms with Crippen molar-refractivity contribution in [2.24, 2.45) is 0 Å². The van der Waals surface area contributed by atoms with Gasteiger partial charge in [0.05, 0.1) is 0 Å². The molecule has 0 unspecified atom stereocenters. The normalized spacial score (nSPS) is 17.4. The number of hydrogen-bond acceptors (Lipinski definition) is 3. The average molecular weight is 216 g/mol. The summed E-state index contributed by atoms with van der Waals surface area (Å²) in [5, 5.41) is 3.35. The second-order valence-electron chi connectivity index (χ2n) is 3.90. The summed E-state index contributed by atoms with van der Waals surface area (Å²) in [5.41, 5.74) is 0. The van der Waals surface area contributed by atoms with Crippen LogP contribution in [0.2, 0.25) is 0 Å². The SMILES string of the molecule is CCCN(CCCSCC)C1CNC1. The molecule has 3 heteroatoms. The molecular formula is C11H24N2S. The van der Waals surface area contributed by atoms with E-state index in [1.165, 1.54) is 50.5 Å². The van der Waals surface area contributed by atoms with Crippen LogP contribution in [0.3, 0.4) is 0 Å².